The molecule has 1 atom stereocenters. The van der Waals surface area contributed by atoms with Gasteiger partial charge in [-0.25, -0.2) is 4.79 Å². The third-order valence-electron chi connectivity index (χ3n) is 2.78. The van der Waals surface area contributed by atoms with Crippen LogP contribution >= 0.6 is 11.5 Å². The summed E-state index contributed by atoms with van der Waals surface area (Å²) in [6, 6.07) is 0.239. The third kappa shape index (κ3) is 4.34. The zero-order valence-electron chi connectivity index (χ0n) is 11.5. The molecule has 0 aliphatic carbocycles. The first kappa shape index (κ1) is 14.0. The molecule has 0 spiro atoms. The molecule has 1 aliphatic rings. The van der Waals surface area contributed by atoms with Gasteiger partial charge in [0.25, 0.3) is 0 Å². The highest BCUT2D eigenvalue weighted by Crippen LogP contribution is 2.19. The van der Waals surface area contributed by atoms with Gasteiger partial charge in [-0.3, -0.25) is 0 Å². The Morgan fingerprint density at radius 3 is 3.00 bits per heavy atom. The lowest BCUT2D eigenvalue weighted by Crippen LogP contribution is -2.46. The molecule has 2 heterocycles. The van der Waals surface area contributed by atoms with E-state index in [0.717, 1.165) is 24.4 Å². The number of ether oxygens (including phenoxy) is 1. The number of rotatable bonds is 2. The molecule has 1 unspecified atom stereocenters. The summed E-state index contributed by atoms with van der Waals surface area (Å²) in [5.74, 6) is 0. The average molecular weight is 284 g/mol. The fourth-order valence-corrected chi connectivity index (χ4v) is 2.52. The number of nitrogens with one attached hydrogen (secondary N) is 1. The van der Waals surface area contributed by atoms with E-state index in [0.29, 0.717) is 6.54 Å². The number of anilines is 1. The lowest BCUT2D eigenvalue weighted by molar-refractivity contribution is 0.0206. The van der Waals surface area contributed by atoms with Crippen LogP contribution in [0.5, 0.6) is 0 Å². The van der Waals surface area contributed by atoms with Crippen molar-refractivity contribution in [1.82, 2.24) is 14.5 Å². The fourth-order valence-electron chi connectivity index (χ4n) is 2.02. The van der Waals surface area contributed by atoms with E-state index in [1.807, 2.05) is 20.8 Å². The van der Waals surface area contributed by atoms with Gasteiger partial charge in [0, 0.05) is 30.7 Å². The van der Waals surface area contributed by atoms with Crippen molar-refractivity contribution in [1.29, 1.82) is 0 Å². The summed E-state index contributed by atoms with van der Waals surface area (Å²) in [4.78, 5) is 13.8. The summed E-state index contributed by atoms with van der Waals surface area (Å²) in [7, 11) is 0. The van der Waals surface area contributed by atoms with E-state index >= 15 is 0 Å². The molecule has 1 aromatic heterocycles. The van der Waals surface area contributed by atoms with Gasteiger partial charge in [0.1, 0.15) is 10.6 Å². The highest BCUT2D eigenvalue weighted by molar-refractivity contribution is 7.09. The van der Waals surface area contributed by atoms with Crippen molar-refractivity contribution in [3.05, 3.63) is 6.20 Å². The van der Waals surface area contributed by atoms with Crippen molar-refractivity contribution < 1.29 is 9.53 Å². The lowest BCUT2D eigenvalue weighted by Gasteiger charge is -2.34. The minimum Gasteiger partial charge on any atom is -0.444 e. The molecule has 106 valence electrons. The summed E-state index contributed by atoms with van der Waals surface area (Å²) < 4.78 is 9.21. The number of carbonyl (C=O) groups excluding carboxylic acids is 1. The molecule has 7 heteroatoms. The van der Waals surface area contributed by atoms with Crippen LogP contribution in [0.25, 0.3) is 0 Å². The van der Waals surface area contributed by atoms with E-state index in [1.165, 1.54) is 11.5 Å². The van der Waals surface area contributed by atoms with Gasteiger partial charge in [-0.05, 0) is 33.6 Å². The van der Waals surface area contributed by atoms with Crippen molar-refractivity contribution in [2.75, 3.05) is 18.4 Å². The monoisotopic (exact) mass is 284 g/mol. The van der Waals surface area contributed by atoms with Crippen molar-refractivity contribution in [2.24, 2.45) is 0 Å². The standard InChI is InChI=1S/C12H20N4O2S/c1-12(2,3)18-11(17)16-6-4-5-9(8-16)14-10-7-13-15-19-10/h7,9,14H,4-6,8H2,1-3H3. The van der Waals surface area contributed by atoms with Crippen LogP contribution in [-0.4, -0.2) is 45.3 Å². The second-order valence-corrected chi connectivity index (χ2v) is 6.48. The van der Waals surface area contributed by atoms with Crippen molar-refractivity contribution in [3.63, 3.8) is 0 Å². The van der Waals surface area contributed by atoms with Crippen LogP contribution in [0.2, 0.25) is 0 Å². The quantitative estimate of drug-likeness (QED) is 0.903. The van der Waals surface area contributed by atoms with Gasteiger partial charge < -0.3 is 15.0 Å². The van der Waals surface area contributed by atoms with Crippen LogP contribution in [0.1, 0.15) is 33.6 Å². The van der Waals surface area contributed by atoms with Crippen LogP contribution in [0, 0.1) is 0 Å². The van der Waals surface area contributed by atoms with E-state index in [2.05, 4.69) is 14.9 Å². The Kier molecular flexibility index (Phi) is 4.24. The van der Waals surface area contributed by atoms with Gasteiger partial charge >= 0.3 is 6.09 Å². The third-order valence-corrected chi connectivity index (χ3v) is 3.38. The van der Waals surface area contributed by atoms with Gasteiger partial charge in [-0.1, -0.05) is 4.49 Å². The SMILES string of the molecule is CC(C)(C)OC(=O)N1CCCC(Nc2cnns2)C1. The normalized spacial score (nSPS) is 20.2. The first-order chi connectivity index (χ1) is 8.94. The molecule has 1 aromatic rings. The van der Waals surface area contributed by atoms with Gasteiger partial charge in [-0.15, -0.1) is 5.10 Å². The van der Waals surface area contributed by atoms with Gasteiger partial charge in [-0.2, -0.15) is 0 Å². The maximum atomic E-state index is 12.0. The predicted octanol–water partition coefficient (Wildman–Crippen LogP) is 2.35. The number of carbonyl (C=O) groups is 1. The molecule has 1 N–H and O–H groups in total. The number of hydrogen-bond donors (Lipinski definition) is 1. The number of piperidine rings is 1. The molecular formula is C12H20N4O2S. The van der Waals surface area contributed by atoms with Gasteiger partial charge in [0.2, 0.25) is 0 Å². The number of amides is 1. The van der Waals surface area contributed by atoms with Gasteiger partial charge in [0.15, 0.2) is 0 Å². The minimum atomic E-state index is -0.445. The molecule has 2 rings (SSSR count). The van der Waals surface area contributed by atoms with Crippen LogP contribution in [0.15, 0.2) is 6.20 Å². The summed E-state index contributed by atoms with van der Waals surface area (Å²) in [5, 5.41) is 8.08. The summed E-state index contributed by atoms with van der Waals surface area (Å²) >= 11 is 1.33. The second kappa shape index (κ2) is 5.73. The van der Waals surface area contributed by atoms with Crippen LogP contribution in [0.4, 0.5) is 9.80 Å². The van der Waals surface area contributed by atoms with Crippen molar-refractivity contribution in [3.8, 4) is 0 Å². The molecule has 0 radical (unpaired) electrons. The minimum absolute atomic E-state index is 0.235. The van der Waals surface area contributed by atoms with Crippen LogP contribution < -0.4 is 5.32 Å². The summed E-state index contributed by atoms with van der Waals surface area (Å²) in [6.45, 7) is 7.07. The Morgan fingerprint density at radius 2 is 2.37 bits per heavy atom. The second-order valence-electron chi connectivity index (χ2n) is 5.69. The predicted molar refractivity (Wildman–Crippen MR) is 74.4 cm³/mol. The molecule has 19 heavy (non-hydrogen) atoms. The molecule has 1 fully saturated rings. The zero-order chi connectivity index (χ0) is 13.9. The summed E-state index contributed by atoms with van der Waals surface area (Å²) in [6.07, 6.45) is 3.48. The van der Waals surface area contributed by atoms with Crippen LogP contribution in [0.3, 0.4) is 0 Å². The van der Waals surface area contributed by atoms with E-state index in [4.69, 9.17) is 4.74 Å². The average Bonchev–Trinajstić information content (AvgIpc) is 2.80. The first-order valence-corrected chi connectivity index (χ1v) is 7.23. The highest BCUT2D eigenvalue weighted by Gasteiger charge is 2.27. The lowest BCUT2D eigenvalue weighted by atomic mass is 10.1. The summed E-state index contributed by atoms with van der Waals surface area (Å²) in [5.41, 5.74) is -0.445. The highest BCUT2D eigenvalue weighted by atomic mass is 32.1. The van der Waals surface area contributed by atoms with Crippen LogP contribution in [-0.2, 0) is 4.74 Å². The Balaban J connectivity index is 1.88. The molecule has 1 amide bonds. The smallest absolute Gasteiger partial charge is 0.410 e. The Labute approximate surface area is 117 Å². The molecule has 6 nitrogen and oxygen atoms in total. The van der Waals surface area contributed by atoms with E-state index < -0.39 is 5.60 Å². The largest absolute Gasteiger partial charge is 0.444 e. The molecule has 0 saturated carbocycles. The van der Waals surface area contributed by atoms with E-state index in [1.54, 1.807) is 11.1 Å². The van der Waals surface area contributed by atoms with E-state index in [9.17, 15) is 4.79 Å². The molecule has 1 aliphatic heterocycles. The number of nitrogens with zero attached hydrogens (tertiary/aromatic N) is 3. The number of likely N-dealkylation sites (tertiary alicyclic amines) is 1. The first-order valence-electron chi connectivity index (χ1n) is 6.46. The Bertz CT molecular complexity index is 416. The van der Waals surface area contributed by atoms with E-state index in [-0.39, 0.29) is 12.1 Å². The van der Waals surface area contributed by atoms with Gasteiger partial charge in [0.05, 0.1) is 6.20 Å². The van der Waals surface area contributed by atoms with Crippen molar-refractivity contribution >= 4 is 22.6 Å². The Hall–Kier alpha value is -1.37. The molecule has 1 saturated heterocycles. The Morgan fingerprint density at radius 1 is 1.58 bits per heavy atom. The number of aromatic nitrogens is 2. The number of hydrogen-bond acceptors (Lipinski definition) is 6. The maximum Gasteiger partial charge on any atom is 0.410 e. The molecular weight excluding hydrogens is 264 g/mol. The fraction of sp³-hybridized carbons (Fsp3) is 0.750. The topological polar surface area (TPSA) is 67.3 Å². The molecule has 0 bridgehead atoms. The molecule has 0 aromatic carbocycles. The zero-order valence-corrected chi connectivity index (χ0v) is 12.4. The van der Waals surface area contributed by atoms with Crippen molar-refractivity contribution in [2.45, 2.75) is 45.3 Å². The maximum absolute atomic E-state index is 12.0.